The van der Waals surface area contributed by atoms with E-state index in [1.54, 1.807) is 13.8 Å². The highest BCUT2D eigenvalue weighted by Crippen LogP contribution is 1.91. The molecule has 12 heavy (non-hydrogen) atoms. The van der Waals surface area contributed by atoms with Crippen molar-refractivity contribution in [3.8, 4) is 0 Å². The Kier molecular flexibility index (Phi) is 3.96. The third kappa shape index (κ3) is 3.70. The summed E-state index contributed by atoms with van der Waals surface area (Å²) in [6, 6.07) is 0. The molecule has 0 aliphatic carbocycles. The first-order valence-electron chi connectivity index (χ1n) is 3.43. The molecule has 0 amide bonds. The number of carboxylic acid groups (broad SMARTS) is 1. The fraction of sp³-hybridized carbons (Fsp3) is 0.571. The van der Waals surface area contributed by atoms with Crippen LogP contribution in [0.5, 0.6) is 0 Å². The first kappa shape index (κ1) is 10.6. The molecule has 0 saturated carbocycles. The zero-order chi connectivity index (χ0) is 9.72. The van der Waals surface area contributed by atoms with Crippen LogP contribution in [0.15, 0.2) is 5.16 Å². The highest BCUT2D eigenvalue weighted by atomic mass is 16.6. The van der Waals surface area contributed by atoms with Crippen molar-refractivity contribution in [1.29, 1.82) is 0 Å². The molecule has 0 aromatic heterocycles. The Morgan fingerprint density at radius 3 is 2.17 bits per heavy atom. The van der Waals surface area contributed by atoms with Gasteiger partial charge in [-0.1, -0.05) is 5.16 Å². The molecule has 0 aliphatic heterocycles. The summed E-state index contributed by atoms with van der Waals surface area (Å²) in [5, 5.41) is 11.6. The predicted octanol–water partition coefficient (Wildman–Crippen LogP) is 0.441. The molecule has 0 unspecified atom stereocenters. The molecule has 0 aromatic rings. The monoisotopic (exact) mass is 173 g/mol. The number of rotatable bonds is 4. The van der Waals surface area contributed by atoms with Gasteiger partial charge < -0.3 is 9.94 Å². The van der Waals surface area contributed by atoms with E-state index >= 15 is 0 Å². The van der Waals surface area contributed by atoms with Crippen LogP contribution in [-0.2, 0) is 14.4 Å². The zero-order valence-electron chi connectivity index (χ0n) is 7.20. The van der Waals surface area contributed by atoms with E-state index in [0.29, 0.717) is 0 Å². The van der Waals surface area contributed by atoms with Gasteiger partial charge in [0.1, 0.15) is 6.10 Å². The number of oxime groups is 1. The van der Waals surface area contributed by atoms with Gasteiger partial charge in [-0.25, -0.2) is 4.79 Å². The summed E-state index contributed by atoms with van der Waals surface area (Å²) in [6.45, 7) is 4.49. The summed E-state index contributed by atoms with van der Waals surface area (Å²) in [5.41, 5.74) is -0.580. The van der Waals surface area contributed by atoms with Crippen molar-refractivity contribution in [3.05, 3.63) is 0 Å². The molecule has 0 radical (unpaired) electrons. The van der Waals surface area contributed by atoms with Crippen LogP contribution in [0.25, 0.3) is 0 Å². The molecular weight excluding hydrogens is 162 g/mol. The van der Waals surface area contributed by atoms with Crippen LogP contribution in [0, 0.1) is 0 Å². The average molecular weight is 173 g/mol. The number of hydrogen-bond acceptors (Lipinski definition) is 4. The molecule has 0 bridgehead atoms. The van der Waals surface area contributed by atoms with Gasteiger partial charge in [0.05, 0.1) is 0 Å². The second-order valence-corrected chi connectivity index (χ2v) is 2.46. The maximum Gasteiger partial charge on any atom is 0.361 e. The topological polar surface area (TPSA) is 76.0 Å². The van der Waals surface area contributed by atoms with E-state index in [1.807, 2.05) is 0 Å². The fourth-order valence-corrected chi connectivity index (χ4v) is 0.412. The van der Waals surface area contributed by atoms with Gasteiger partial charge in [-0.3, -0.25) is 4.79 Å². The minimum absolute atomic E-state index is 0.237. The molecule has 1 N–H and O–H groups in total. The normalized spacial score (nSPS) is 11.5. The minimum Gasteiger partial charge on any atom is -0.476 e. The van der Waals surface area contributed by atoms with Gasteiger partial charge in [0.25, 0.3) is 0 Å². The smallest absolute Gasteiger partial charge is 0.361 e. The number of carbonyl (C=O) groups is 2. The van der Waals surface area contributed by atoms with Crippen LogP contribution in [0.4, 0.5) is 0 Å². The highest BCUT2D eigenvalue weighted by molar-refractivity contribution is 6.63. The molecule has 5 heteroatoms. The van der Waals surface area contributed by atoms with Crippen molar-refractivity contribution in [1.82, 2.24) is 0 Å². The maximum atomic E-state index is 10.6. The Labute approximate surface area is 70.0 Å². The van der Waals surface area contributed by atoms with Crippen molar-refractivity contribution in [3.63, 3.8) is 0 Å². The van der Waals surface area contributed by atoms with Crippen LogP contribution in [0.3, 0.4) is 0 Å². The van der Waals surface area contributed by atoms with E-state index < -0.39 is 17.5 Å². The number of carbonyl (C=O) groups excluding carboxylic acids is 1. The third-order valence-corrected chi connectivity index (χ3v) is 0.891. The van der Waals surface area contributed by atoms with Gasteiger partial charge >= 0.3 is 5.97 Å². The van der Waals surface area contributed by atoms with E-state index in [4.69, 9.17) is 5.11 Å². The first-order valence-corrected chi connectivity index (χ1v) is 3.43. The molecule has 5 nitrogen and oxygen atoms in total. The molecule has 0 aromatic carbocycles. The maximum absolute atomic E-state index is 10.6. The molecule has 0 saturated heterocycles. The number of carboxylic acids is 1. The molecule has 0 aliphatic rings. The lowest BCUT2D eigenvalue weighted by molar-refractivity contribution is -0.130. The Bertz CT molecular complexity index is 203. The summed E-state index contributed by atoms with van der Waals surface area (Å²) in [7, 11) is 0. The van der Waals surface area contributed by atoms with Crippen molar-refractivity contribution in [2.45, 2.75) is 26.9 Å². The number of aliphatic carboxylic acids is 1. The van der Waals surface area contributed by atoms with Gasteiger partial charge in [-0.2, -0.15) is 0 Å². The summed E-state index contributed by atoms with van der Waals surface area (Å²) in [4.78, 5) is 25.5. The van der Waals surface area contributed by atoms with E-state index in [1.165, 1.54) is 0 Å². The van der Waals surface area contributed by atoms with Crippen LogP contribution in [0.1, 0.15) is 20.8 Å². The lowest BCUT2D eigenvalue weighted by Gasteiger charge is -2.01. The minimum atomic E-state index is -1.37. The fourth-order valence-electron chi connectivity index (χ4n) is 0.412. The number of hydrogen-bond donors (Lipinski definition) is 1. The molecular formula is C7H11NO4. The Morgan fingerprint density at radius 2 is 1.92 bits per heavy atom. The van der Waals surface area contributed by atoms with Gasteiger partial charge in [0.15, 0.2) is 5.78 Å². The van der Waals surface area contributed by atoms with Crippen molar-refractivity contribution >= 4 is 17.5 Å². The van der Waals surface area contributed by atoms with Crippen molar-refractivity contribution in [2.24, 2.45) is 5.16 Å². The lowest BCUT2D eigenvalue weighted by atomic mass is 10.3. The van der Waals surface area contributed by atoms with Crippen molar-refractivity contribution in [2.75, 3.05) is 0 Å². The largest absolute Gasteiger partial charge is 0.476 e. The third-order valence-electron chi connectivity index (χ3n) is 0.891. The van der Waals surface area contributed by atoms with Gasteiger partial charge in [0, 0.05) is 6.92 Å². The zero-order valence-corrected chi connectivity index (χ0v) is 7.20. The van der Waals surface area contributed by atoms with Gasteiger partial charge in [-0.05, 0) is 13.8 Å². The van der Waals surface area contributed by atoms with Crippen molar-refractivity contribution < 1.29 is 19.5 Å². The second kappa shape index (κ2) is 4.48. The summed E-state index contributed by atoms with van der Waals surface area (Å²) in [6.07, 6.45) is -0.237. The Hall–Kier alpha value is -1.39. The number of ketones is 1. The second-order valence-electron chi connectivity index (χ2n) is 2.46. The molecule has 0 spiro atoms. The Morgan fingerprint density at radius 1 is 1.42 bits per heavy atom. The standard InChI is InChI=1S/C7H11NO4/c1-4(2)12-8-6(5(3)9)7(10)11/h4H,1-3H3,(H,10,11)/b8-6-. The lowest BCUT2D eigenvalue weighted by Crippen LogP contribution is -2.22. The molecule has 68 valence electrons. The molecule has 0 heterocycles. The number of nitrogens with zero attached hydrogens (tertiary/aromatic N) is 1. The SMILES string of the molecule is CC(=O)/C(=N/OC(C)C)C(=O)O. The molecule has 0 rings (SSSR count). The van der Waals surface area contributed by atoms with E-state index in [9.17, 15) is 9.59 Å². The van der Waals surface area contributed by atoms with Crippen LogP contribution < -0.4 is 0 Å². The van der Waals surface area contributed by atoms with Crippen LogP contribution in [0.2, 0.25) is 0 Å². The van der Waals surface area contributed by atoms with Gasteiger partial charge in [0.2, 0.25) is 5.71 Å². The van der Waals surface area contributed by atoms with E-state index in [2.05, 4.69) is 9.99 Å². The predicted molar refractivity (Wildman–Crippen MR) is 42.0 cm³/mol. The quantitative estimate of drug-likeness (QED) is 0.380. The summed E-state index contributed by atoms with van der Waals surface area (Å²) < 4.78 is 0. The first-order chi connectivity index (χ1) is 5.45. The van der Waals surface area contributed by atoms with Crippen LogP contribution >= 0.6 is 0 Å². The van der Waals surface area contributed by atoms with E-state index in [-0.39, 0.29) is 6.10 Å². The molecule has 0 atom stereocenters. The highest BCUT2D eigenvalue weighted by Gasteiger charge is 2.15. The average Bonchev–Trinajstić information content (AvgIpc) is 1.84. The number of Topliss-reactive ketones (excluding diaryl/α,β-unsaturated/α-hetero) is 1. The summed E-state index contributed by atoms with van der Waals surface area (Å²) >= 11 is 0. The Balaban J connectivity index is 4.40. The van der Waals surface area contributed by atoms with Crippen LogP contribution in [-0.4, -0.2) is 28.7 Å². The van der Waals surface area contributed by atoms with E-state index in [0.717, 1.165) is 6.92 Å². The summed E-state index contributed by atoms with van der Waals surface area (Å²) in [5.74, 6) is -1.99. The molecule has 0 fully saturated rings. The van der Waals surface area contributed by atoms with Gasteiger partial charge in [-0.15, -0.1) is 0 Å².